The van der Waals surface area contributed by atoms with Crippen LogP contribution in [-0.4, -0.2) is 37.0 Å². The highest BCUT2D eigenvalue weighted by atomic mass is 16.5. The number of carbonyl (C=O) groups is 1. The van der Waals surface area contributed by atoms with Crippen LogP contribution in [0.4, 0.5) is 0 Å². The average molecular weight is 248 g/mol. The molecule has 1 aromatic rings. The number of ether oxygens (including phenoxy) is 1. The highest BCUT2D eigenvalue weighted by Crippen LogP contribution is 2.19. The van der Waals surface area contributed by atoms with Crippen LogP contribution in [0.5, 0.6) is 5.75 Å². The van der Waals surface area contributed by atoms with Gasteiger partial charge < -0.3 is 15.4 Å². The van der Waals surface area contributed by atoms with Gasteiger partial charge in [-0.1, -0.05) is 12.1 Å². The molecule has 4 heteroatoms. The quantitative estimate of drug-likeness (QED) is 0.870. The first kappa shape index (κ1) is 12.9. The number of nitrogens with two attached hydrogens (primary N) is 1. The van der Waals surface area contributed by atoms with Crippen LogP contribution in [-0.2, 0) is 11.2 Å². The number of hydrogen-bond donors (Lipinski definition) is 1. The van der Waals surface area contributed by atoms with Gasteiger partial charge in [0.2, 0.25) is 5.91 Å². The van der Waals surface area contributed by atoms with Gasteiger partial charge in [-0.3, -0.25) is 4.79 Å². The van der Waals surface area contributed by atoms with E-state index < -0.39 is 0 Å². The van der Waals surface area contributed by atoms with Crippen LogP contribution < -0.4 is 10.5 Å². The van der Waals surface area contributed by atoms with Crippen molar-refractivity contribution >= 4 is 5.91 Å². The maximum absolute atomic E-state index is 12.2. The number of rotatable bonds is 4. The molecule has 1 atom stereocenters. The van der Waals surface area contributed by atoms with Crippen LogP contribution in [0.2, 0.25) is 0 Å². The summed E-state index contributed by atoms with van der Waals surface area (Å²) in [4.78, 5) is 14.1. The Kier molecular flexibility index (Phi) is 4.20. The van der Waals surface area contributed by atoms with Crippen molar-refractivity contribution in [3.8, 4) is 5.75 Å². The van der Waals surface area contributed by atoms with Crippen molar-refractivity contribution in [3.05, 3.63) is 29.8 Å². The van der Waals surface area contributed by atoms with Gasteiger partial charge >= 0.3 is 0 Å². The molecule has 0 spiro atoms. The second-order valence-electron chi connectivity index (χ2n) is 4.65. The summed E-state index contributed by atoms with van der Waals surface area (Å²) in [7, 11) is 1.63. The second kappa shape index (κ2) is 5.87. The summed E-state index contributed by atoms with van der Waals surface area (Å²) in [5.74, 6) is 0.952. The molecule has 0 aromatic heterocycles. The molecule has 2 N–H and O–H groups in total. The van der Waals surface area contributed by atoms with E-state index in [4.69, 9.17) is 10.5 Å². The molecule has 4 nitrogen and oxygen atoms in total. The lowest BCUT2D eigenvalue weighted by Gasteiger charge is -2.23. The number of nitrogens with zero attached hydrogens (tertiary/aromatic N) is 1. The summed E-state index contributed by atoms with van der Waals surface area (Å²) in [6.45, 7) is 1.40. The molecule has 18 heavy (non-hydrogen) atoms. The maximum atomic E-state index is 12.2. The van der Waals surface area contributed by atoms with E-state index in [1.54, 1.807) is 7.11 Å². The van der Waals surface area contributed by atoms with Crippen LogP contribution in [0.15, 0.2) is 24.3 Å². The first-order chi connectivity index (χ1) is 8.74. The highest BCUT2D eigenvalue weighted by Gasteiger charge is 2.27. The number of amides is 1. The molecule has 1 amide bonds. The Balaban J connectivity index is 2.02. The summed E-state index contributed by atoms with van der Waals surface area (Å²) >= 11 is 0. The normalized spacial score (nSPS) is 19.0. The zero-order valence-electron chi connectivity index (χ0n) is 10.8. The van der Waals surface area contributed by atoms with Crippen LogP contribution in [0.25, 0.3) is 0 Å². The van der Waals surface area contributed by atoms with E-state index in [1.165, 1.54) is 0 Å². The average Bonchev–Trinajstić information content (AvgIpc) is 2.87. The van der Waals surface area contributed by atoms with E-state index in [0.29, 0.717) is 13.0 Å². The Morgan fingerprint density at radius 3 is 3.11 bits per heavy atom. The zero-order valence-corrected chi connectivity index (χ0v) is 10.8. The van der Waals surface area contributed by atoms with Crippen molar-refractivity contribution in [1.82, 2.24) is 4.90 Å². The van der Waals surface area contributed by atoms with Crippen LogP contribution in [0, 0.1) is 0 Å². The van der Waals surface area contributed by atoms with Crippen molar-refractivity contribution in [2.24, 2.45) is 5.73 Å². The summed E-state index contributed by atoms with van der Waals surface area (Å²) < 4.78 is 5.16. The zero-order chi connectivity index (χ0) is 13.0. The molecule has 98 valence electrons. The summed E-state index contributed by atoms with van der Waals surface area (Å²) in [5, 5.41) is 0. The monoisotopic (exact) mass is 248 g/mol. The molecule has 0 saturated carbocycles. The molecule has 2 rings (SSSR count). The number of carbonyl (C=O) groups excluding carboxylic acids is 1. The largest absolute Gasteiger partial charge is 0.497 e. The summed E-state index contributed by atoms with van der Waals surface area (Å²) in [6, 6.07) is 7.88. The van der Waals surface area contributed by atoms with Crippen molar-refractivity contribution < 1.29 is 9.53 Å². The minimum absolute atomic E-state index is 0.163. The van der Waals surface area contributed by atoms with Gasteiger partial charge in [0.15, 0.2) is 0 Å². The lowest BCUT2D eigenvalue weighted by molar-refractivity contribution is -0.131. The molecule has 1 aromatic carbocycles. The van der Waals surface area contributed by atoms with Gasteiger partial charge in [-0.05, 0) is 30.5 Å². The van der Waals surface area contributed by atoms with Crippen molar-refractivity contribution in [2.75, 3.05) is 20.2 Å². The van der Waals surface area contributed by atoms with E-state index >= 15 is 0 Å². The van der Waals surface area contributed by atoms with E-state index in [1.807, 2.05) is 29.2 Å². The van der Waals surface area contributed by atoms with E-state index in [0.717, 1.165) is 30.7 Å². The molecule has 1 aliphatic heterocycles. The third-order valence-electron chi connectivity index (χ3n) is 3.46. The first-order valence-electron chi connectivity index (χ1n) is 6.37. The summed E-state index contributed by atoms with van der Waals surface area (Å²) in [6.07, 6.45) is 2.51. The first-order valence-corrected chi connectivity index (χ1v) is 6.37. The molecular weight excluding hydrogens is 228 g/mol. The molecule has 1 saturated heterocycles. The number of hydrogen-bond acceptors (Lipinski definition) is 3. The van der Waals surface area contributed by atoms with E-state index in [-0.39, 0.29) is 11.9 Å². The van der Waals surface area contributed by atoms with Gasteiger partial charge in [0.25, 0.3) is 0 Å². The Morgan fingerprint density at radius 1 is 1.56 bits per heavy atom. The number of benzene rings is 1. The fraction of sp³-hybridized carbons (Fsp3) is 0.500. The topological polar surface area (TPSA) is 55.6 Å². The van der Waals surface area contributed by atoms with E-state index in [2.05, 4.69) is 0 Å². The Morgan fingerprint density at radius 2 is 2.39 bits per heavy atom. The Hall–Kier alpha value is -1.55. The van der Waals surface area contributed by atoms with Crippen molar-refractivity contribution in [2.45, 2.75) is 25.3 Å². The smallest absolute Gasteiger partial charge is 0.227 e. The maximum Gasteiger partial charge on any atom is 0.227 e. The highest BCUT2D eigenvalue weighted by molar-refractivity contribution is 5.79. The lowest BCUT2D eigenvalue weighted by atomic mass is 10.1. The van der Waals surface area contributed by atoms with Gasteiger partial charge in [-0.25, -0.2) is 0 Å². The van der Waals surface area contributed by atoms with Crippen LogP contribution in [0.1, 0.15) is 18.4 Å². The van der Waals surface area contributed by atoms with E-state index in [9.17, 15) is 4.79 Å². The minimum atomic E-state index is 0.163. The predicted octanol–water partition coefficient (Wildman–Crippen LogP) is 1.19. The molecule has 0 aliphatic carbocycles. The Labute approximate surface area is 108 Å². The van der Waals surface area contributed by atoms with Crippen molar-refractivity contribution in [3.63, 3.8) is 0 Å². The predicted molar refractivity (Wildman–Crippen MR) is 70.5 cm³/mol. The van der Waals surface area contributed by atoms with Gasteiger partial charge in [0.05, 0.1) is 13.5 Å². The van der Waals surface area contributed by atoms with Crippen molar-refractivity contribution in [1.29, 1.82) is 0 Å². The fourth-order valence-electron chi connectivity index (χ4n) is 2.47. The molecule has 1 heterocycles. The third kappa shape index (κ3) is 2.82. The van der Waals surface area contributed by atoms with Gasteiger partial charge in [-0.2, -0.15) is 0 Å². The minimum Gasteiger partial charge on any atom is -0.497 e. The molecule has 1 fully saturated rings. The van der Waals surface area contributed by atoms with Gasteiger partial charge in [0, 0.05) is 19.1 Å². The number of likely N-dealkylation sites (tertiary alicyclic amines) is 1. The second-order valence-corrected chi connectivity index (χ2v) is 4.65. The standard InChI is InChI=1S/C14H20N2O2/c1-18-13-6-2-4-11(8-13)9-14(17)16-7-3-5-12(16)10-15/h2,4,6,8,12H,3,5,7,9-10,15H2,1H3/t12-/m1/s1. The van der Waals surface area contributed by atoms with Gasteiger partial charge in [-0.15, -0.1) is 0 Å². The fourth-order valence-corrected chi connectivity index (χ4v) is 2.47. The van der Waals surface area contributed by atoms with Crippen LogP contribution in [0.3, 0.4) is 0 Å². The molecule has 0 bridgehead atoms. The van der Waals surface area contributed by atoms with Crippen LogP contribution >= 0.6 is 0 Å². The number of methoxy groups -OCH3 is 1. The SMILES string of the molecule is COc1cccc(CC(=O)N2CCC[C@@H]2CN)c1. The Bertz CT molecular complexity index is 420. The molecule has 1 aliphatic rings. The van der Waals surface area contributed by atoms with Gasteiger partial charge in [0.1, 0.15) is 5.75 Å². The molecule has 0 radical (unpaired) electrons. The molecule has 0 unspecified atom stereocenters. The lowest BCUT2D eigenvalue weighted by Crippen LogP contribution is -2.40. The summed E-state index contributed by atoms with van der Waals surface area (Å²) in [5.41, 5.74) is 6.68. The third-order valence-corrected chi connectivity index (χ3v) is 3.46. The molecular formula is C14H20N2O2.